The third-order valence-electron chi connectivity index (χ3n) is 2.67. The molecule has 0 radical (unpaired) electrons. The molecule has 0 amide bonds. The highest BCUT2D eigenvalue weighted by molar-refractivity contribution is 6.31. The van der Waals surface area contributed by atoms with Gasteiger partial charge in [0.15, 0.2) is 0 Å². The van der Waals surface area contributed by atoms with Gasteiger partial charge in [0.25, 0.3) is 0 Å². The van der Waals surface area contributed by atoms with E-state index in [0.29, 0.717) is 6.54 Å². The Morgan fingerprint density at radius 1 is 1.06 bits per heavy atom. The number of benzene rings is 2. The number of nitrogens with two attached hydrogens (primary N) is 1. The van der Waals surface area contributed by atoms with E-state index < -0.39 is 0 Å². The summed E-state index contributed by atoms with van der Waals surface area (Å²) < 4.78 is 0. The van der Waals surface area contributed by atoms with E-state index in [9.17, 15) is 0 Å². The van der Waals surface area contributed by atoms with Gasteiger partial charge in [-0.3, -0.25) is 0 Å². The normalized spacial score (nSPS) is 10.4. The lowest BCUT2D eigenvalue weighted by atomic mass is 10.0. The van der Waals surface area contributed by atoms with E-state index >= 15 is 0 Å². The Morgan fingerprint density at radius 3 is 2.50 bits per heavy atom. The molecule has 0 aliphatic carbocycles. The highest BCUT2D eigenvalue weighted by Crippen LogP contribution is 2.25. The Balaban J connectivity index is 2.46. The zero-order valence-electron chi connectivity index (χ0n) is 9.20. The van der Waals surface area contributed by atoms with E-state index in [1.807, 2.05) is 31.2 Å². The first-order chi connectivity index (χ1) is 7.70. The molecule has 2 N–H and O–H groups in total. The van der Waals surface area contributed by atoms with Crippen LogP contribution in [0.3, 0.4) is 0 Å². The smallest absolute Gasteiger partial charge is 0.0441 e. The molecule has 2 aromatic rings. The van der Waals surface area contributed by atoms with Gasteiger partial charge >= 0.3 is 0 Å². The van der Waals surface area contributed by atoms with E-state index in [-0.39, 0.29) is 0 Å². The summed E-state index contributed by atoms with van der Waals surface area (Å²) in [5.41, 5.74) is 10.1. The third kappa shape index (κ3) is 2.26. The monoisotopic (exact) mass is 231 g/mol. The number of halogens is 1. The second-order valence-corrected chi connectivity index (χ2v) is 4.28. The summed E-state index contributed by atoms with van der Waals surface area (Å²) in [5.74, 6) is 0. The fourth-order valence-electron chi connectivity index (χ4n) is 1.65. The Kier molecular flexibility index (Phi) is 3.28. The van der Waals surface area contributed by atoms with Gasteiger partial charge in [0.2, 0.25) is 0 Å². The second kappa shape index (κ2) is 4.69. The lowest BCUT2D eigenvalue weighted by Gasteiger charge is -2.06. The highest BCUT2D eigenvalue weighted by Gasteiger charge is 2.01. The standard InChI is InChI=1S/C14H14ClN/c1-10-5-6-13(8-14(10)15)12-4-2-3-11(7-12)9-16/h2-8H,9,16H2,1H3. The van der Waals surface area contributed by atoms with Crippen molar-refractivity contribution in [3.8, 4) is 11.1 Å². The summed E-state index contributed by atoms with van der Waals surface area (Å²) in [6.07, 6.45) is 0. The van der Waals surface area contributed by atoms with Crippen molar-refractivity contribution in [2.24, 2.45) is 5.73 Å². The molecule has 0 heterocycles. The molecule has 0 unspecified atom stereocenters. The Bertz CT molecular complexity index is 506. The fraction of sp³-hybridized carbons (Fsp3) is 0.143. The van der Waals surface area contributed by atoms with Gasteiger partial charge in [-0.05, 0) is 41.3 Å². The maximum atomic E-state index is 6.11. The van der Waals surface area contributed by atoms with Crippen molar-refractivity contribution in [2.45, 2.75) is 13.5 Å². The predicted molar refractivity (Wildman–Crippen MR) is 69.5 cm³/mol. The van der Waals surface area contributed by atoms with Crippen molar-refractivity contribution in [1.82, 2.24) is 0 Å². The number of rotatable bonds is 2. The molecule has 0 aromatic heterocycles. The molecule has 0 saturated carbocycles. The van der Waals surface area contributed by atoms with Gasteiger partial charge in [0, 0.05) is 11.6 Å². The maximum Gasteiger partial charge on any atom is 0.0441 e. The van der Waals surface area contributed by atoms with Crippen LogP contribution >= 0.6 is 11.6 Å². The van der Waals surface area contributed by atoms with Crippen molar-refractivity contribution >= 4 is 11.6 Å². The third-order valence-corrected chi connectivity index (χ3v) is 3.08. The van der Waals surface area contributed by atoms with Gasteiger partial charge in [-0.2, -0.15) is 0 Å². The molecule has 2 rings (SSSR count). The average Bonchev–Trinajstić information content (AvgIpc) is 2.33. The van der Waals surface area contributed by atoms with Crippen LogP contribution in [0.15, 0.2) is 42.5 Å². The van der Waals surface area contributed by atoms with Gasteiger partial charge in [-0.15, -0.1) is 0 Å². The van der Waals surface area contributed by atoms with E-state index in [1.165, 1.54) is 0 Å². The van der Waals surface area contributed by atoms with E-state index in [2.05, 4.69) is 18.2 Å². The molecule has 2 aromatic carbocycles. The summed E-state index contributed by atoms with van der Waals surface area (Å²) in [6, 6.07) is 14.3. The first kappa shape index (κ1) is 11.2. The average molecular weight is 232 g/mol. The SMILES string of the molecule is Cc1ccc(-c2cccc(CN)c2)cc1Cl. The minimum Gasteiger partial charge on any atom is -0.326 e. The topological polar surface area (TPSA) is 26.0 Å². The van der Waals surface area contributed by atoms with Crippen LogP contribution in [0, 0.1) is 6.92 Å². The largest absolute Gasteiger partial charge is 0.326 e. The molecule has 0 saturated heterocycles. The molecule has 2 heteroatoms. The van der Waals surface area contributed by atoms with Gasteiger partial charge in [-0.1, -0.05) is 41.9 Å². The molecule has 1 nitrogen and oxygen atoms in total. The summed E-state index contributed by atoms with van der Waals surface area (Å²) in [4.78, 5) is 0. The van der Waals surface area contributed by atoms with Crippen LogP contribution < -0.4 is 5.73 Å². The van der Waals surface area contributed by atoms with Crippen LogP contribution in [-0.4, -0.2) is 0 Å². The second-order valence-electron chi connectivity index (χ2n) is 3.87. The van der Waals surface area contributed by atoms with Crippen molar-refractivity contribution < 1.29 is 0 Å². The molecule has 82 valence electrons. The number of hydrogen-bond acceptors (Lipinski definition) is 1. The summed E-state index contributed by atoms with van der Waals surface area (Å²) in [5, 5.41) is 0.802. The molecule has 16 heavy (non-hydrogen) atoms. The minimum absolute atomic E-state index is 0.563. The molecule has 0 aliphatic heterocycles. The zero-order valence-corrected chi connectivity index (χ0v) is 9.96. The predicted octanol–water partition coefficient (Wildman–Crippen LogP) is 3.77. The molecular formula is C14H14ClN. The minimum atomic E-state index is 0.563. The van der Waals surface area contributed by atoms with Crippen molar-refractivity contribution in [2.75, 3.05) is 0 Å². The molecule has 0 aliphatic rings. The Morgan fingerprint density at radius 2 is 1.81 bits per heavy atom. The number of aryl methyl sites for hydroxylation is 1. The zero-order chi connectivity index (χ0) is 11.5. The molecule has 0 atom stereocenters. The highest BCUT2D eigenvalue weighted by atomic mass is 35.5. The first-order valence-electron chi connectivity index (χ1n) is 5.26. The van der Waals surface area contributed by atoms with Crippen LogP contribution in [-0.2, 0) is 6.54 Å². The molecule has 0 fully saturated rings. The summed E-state index contributed by atoms with van der Waals surface area (Å²) >= 11 is 6.11. The van der Waals surface area contributed by atoms with Gasteiger partial charge < -0.3 is 5.73 Å². The van der Waals surface area contributed by atoms with Gasteiger partial charge in [-0.25, -0.2) is 0 Å². The summed E-state index contributed by atoms with van der Waals surface area (Å²) in [7, 11) is 0. The van der Waals surface area contributed by atoms with Gasteiger partial charge in [0.1, 0.15) is 0 Å². The van der Waals surface area contributed by atoms with Crippen molar-refractivity contribution in [3.63, 3.8) is 0 Å². The molecule has 0 spiro atoms. The van der Waals surface area contributed by atoms with Crippen LogP contribution in [0.25, 0.3) is 11.1 Å². The van der Waals surface area contributed by atoms with Crippen LogP contribution in [0.4, 0.5) is 0 Å². The fourth-order valence-corrected chi connectivity index (χ4v) is 1.83. The number of hydrogen-bond donors (Lipinski definition) is 1. The van der Waals surface area contributed by atoms with Crippen LogP contribution in [0.2, 0.25) is 5.02 Å². The van der Waals surface area contributed by atoms with Crippen molar-refractivity contribution in [3.05, 3.63) is 58.6 Å². The van der Waals surface area contributed by atoms with Crippen molar-refractivity contribution in [1.29, 1.82) is 0 Å². The molecule has 0 bridgehead atoms. The van der Waals surface area contributed by atoms with Gasteiger partial charge in [0.05, 0.1) is 0 Å². The lowest BCUT2D eigenvalue weighted by Crippen LogP contribution is -1.95. The first-order valence-corrected chi connectivity index (χ1v) is 5.64. The Hall–Kier alpha value is -1.31. The van der Waals surface area contributed by atoms with E-state index in [1.54, 1.807) is 0 Å². The summed E-state index contributed by atoms with van der Waals surface area (Å²) in [6.45, 7) is 2.57. The Labute approximate surface area is 101 Å². The van der Waals surface area contributed by atoms with Crippen LogP contribution in [0.1, 0.15) is 11.1 Å². The molecular weight excluding hydrogens is 218 g/mol. The quantitative estimate of drug-likeness (QED) is 0.837. The lowest BCUT2D eigenvalue weighted by molar-refractivity contribution is 1.07. The van der Waals surface area contributed by atoms with Crippen LogP contribution in [0.5, 0.6) is 0 Å². The van der Waals surface area contributed by atoms with E-state index in [0.717, 1.165) is 27.3 Å². The van der Waals surface area contributed by atoms with E-state index in [4.69, 9.17) is 17.3 Å². The maximum absolute atomic E-state index is 6.11.